The standard InChI is InChI=1S/C17H29N3O3S/c1-5-9-10-17(21)19-16-13-14(11-12-15(16)18-6-2)24(22,23)20(7-3)8-4/h11-13,18H,5-10H2,1-4H3,(H,19,21). The second-order valence-electron chi connectivity index (χ2n) is 5.48. The van der Waals surface area contributed by atoms with E-state index in [4.69, 9.17) is 0 Å². The Labute approximate surface area is 145 Å². The van der Waals surface area contributed by atoms with Gasteiger partial charge in [0.15, 0.2) is 0 Å². The van der Waals surface area contributed by atoms with Gasteiger partial charge in [-0.05, 0) is 31.5 Å². The fourth-order valence-electron chi connectivity index (χ4n) is 2.39. The van der Waals surface area contributed by atoms with Crippen LogP contribution in [-0.2, 0) is 14.8 Å². The van der Waals surface area contributed by atoms with E-state index in [2.05, 4.69) is 10.6 Å². The van der Waals surface area contributed by atoms with E-state index >= 15 is 0 Å². The molecule has 7 heteroatoms. The van der Waals surface area contributed by atoms with Crippen molar-refractivity contribution in [3.05, 3.63) is 18.2 Å². The molecule has 6 nitrogen and oxygen atoms in total. The summed E-state index contributed by atoms with van der Waals surface area (Å²) < 4.78 is 26.7. The first-order valence-corrected chi connectivity index (χ1v) is 10.0. The third-order valence-corrected chi connectivity index (χ3v) is 5.78. The van der Waals surface area contributed by atoms with Crippen molar-refractivity contribution in [2.24, 2.45) is 0 Å². The molecule has 0 spiro atoms. The molecule has 0 saturated heterocycles. The Bertz CT molecular complexity index is 640. The zero-order valence-corrected chi connectivity index (χ0v) is 15.9. The third kappa shape index (κ3) is 5.21. The molecule has 2 N–H and O–H groups in total. The van der Waals surface area contributed by atoms with Crippen LogP contribution in [0, 0.1) is 0 Å². The highest BCUT2D eigenvalue weighted by Gasteiger charge is 2.22. The fourth-order valence-corrected chi connectivity index (χ4v) is 3.88. The number of unbranched alkanes of at least 4 members (excludes halogenated alkanes) is 1. The number of carbonyl (C=O) groups is 1. The highest BCUT2D eigenvalue weighted by molar-refractivity contribution is 7.89. The lowest BCUT2D eigenvalue weighted by Crippen LogP contribution is -2.30. The Kier molecular flexibility index (Phi) is 8.21. The molecule has 0 unspecified atom stereocenters. The maximum Gasteiger partial charge on any atom is 0.243 e. The van der Waals surface area contributed by atoms with E-state index in [1.807, 2.05) is 27.7 Å². The van der Waals surface area contributed by atoms with Crippen LogP contribution < -0.4 is 10.6 Å². The molecule has 1 rings (SSSR count). The molecule has 0 atom stereocenters. The lowest BCUT2D eigenvalue weighted by Gasteiger charge is -2.20. The van der Waals surface area contributed by atoms with Crippen LogP contribution in [0.3, 0.4) is 0 Å². The summed E-state index contributed by atoms with van der Waals surface area (Å²) in [4.78, 5) is 12.2. The van der Waals surface area contributed by atoms with Gasteiger partial charge in [-0.1, -0.05) is 27.2 Å². The van der Waals surface area contributed by atoms with E-state index in [0.29, 0.717) is 31.7 Å². The zero-order valence-electron chi connectivity index (χ0n) is 15.1. The molecule has 0 aliphatic heterocycles. The van der Waals surface area contributed by atoms with Crippen molar-refractivity contribution in [2.45, 2.75) is 51.9 Å². The van der Waals surface area contributed by atoms with Gasteiger partial charge in [-0.3, -0.25) is 4.79 Å². The predicted octanol–water partition coefficient (Wildman–Crippen LogP) is 3.28. The first kappa shape index (κ1) is 20.4. The SMILES string of the molecule is CCCCC(=O)Nc1cc(S(=O)(=O)N(CC)CC)ccc1NCC. The summed E-state index contributed by atoms with van der Waals surface area (Å²) in [6, 6.07) is 4.82. The minimum Gasteiger partial charge on any atom is -0.384 e. The van der Waals surface area contributed by atoms with E-state index in [1.165, 1.54) is 10.4 Å². The summed E-state index contributed by atoms with van der Waals surface area (Å²) in [5.74, 6) is -0.103. The van der Waals surface area contributed by atoms with Crippen molar-refractivity contribution in [2.75, 3.05) is 30.3 Å². The smallest absolute Gasteiger partial charge is 0.243 e. The number of rotatable bonds is 10. The molecular weight excluding hydrogens is 326 g/mol. The molecule has 0 aromatic heterocycles. The minimum absolute atomic E-state index is 0.103. The number of anilines is 2. The van der Waals surface area contributed by atoms with Gasteiger partial charge in [-0.2, -0.15) is 4.31 Å². The molecule has 136 valence electrons. The van der Waals surface area contributed by atoms with Crippen molar-refractivity contribution in [1.29, 1.82) is 0 Å². The Morgan fingerprint density at radius 3 is 2.29 bits per heavy atom. The van der Waals surface area contributed by atoms with Gasteiger partial charge in [0.05, 0.1) is 16.3 Å². The summed E-state index contributed by atoms with van der Waals surface area (Å²) in [7, 11) is -3.55. The molecule has 0 aliphatic carbocycles. The van der Waals surface area contributed by atoms with Gasteiger partial charge < -0.3 is 10.6 Å². The number of benzene rings is 1. The van der Waals surface area contributed by atoms with E-state index < -0.39 is 10.0 Å². The molecule has 0 fully saturated rings. The average Bonchev–Trinajstić information content (AvgIpc) is 2.55. The van der Waals surface area contributed by atoms with E-state index in [9.17, 15) is 13.2 Å². The van der Waals surface area contributed by atoms with Gasteiger partial charge in [0.1, 0.15) is 0 Å². The Hall–Kier alpha value is -1.60. The molecule has 0 heterocycles. The average molecular weight is 356 g/mol. The number of hydrogen-bond acceptors (Lipinski definition) is 4. The molecule has 0 saturated carbocycles. The number of sulfonamides is 1. The number of nitrogens with one attached hydrogen (secondary N) is 2. The van der Waals surface area contributed by atoms with Gasteiger partial charge in [0.2, 0.25) is 15.9 Å². The van der Waals surface area contributed by atoms with Crippen LogP contribution >= 0.6 is 0 Å². The molecular formula is C17H29N3O3S. The quantitative estimate of drug-likeness (QED) is 0.675. The molecule has 1 aromatic rings. The largest absolute Gasteiger partial charge is 0.384 e. The second kappa shape index (κ2) is 9.64. The first-order chi connectivity index (χ1) is 11.4. The van der Waals surface area contributed by atoms with Crippen LogP contribution in [0.4, 0.5) is 11.4 Å². The molecule has 24 heavy (non-hydrogen) atoms. The summed E-state index contributed by atoms with van der Waals surface area (Å²) in [5, 5.41) is 5.98. The maximum absolute atomic E-state index is 12.7. The minimum atomic E-state index is -3.55. The van der Waals surface area contributed by atoms with Crippen LogP contribution in [0.15, 0.2) is 23.1 Å². The first-order valence-electron chi connectivity index (χ1n) is 8.58. The van der Waals surface area contributed by atoms with Crippen LogP contribution in [0.5, 0.6) is 0 Å². The van der Waals surface area contributed by atoms with Crippen LogP contribution in [-0.4, -0.2) is 38.3 Å². The maximum atomic E-state index is 12.7. The highest BCUT2D eigenvalue weighted by Crippen LogP contribution is 2.27. The molecule has 0 bridgehead atoms. The summed E-state index contributed by atoms with van der Waals surface area (Å²) in [5.41, 5.74) is 1.23. The number of nitrogens with zero attached hydrogens (tertiary/aromatic N) is 1. The third-order valence-electron chi connectivity index (χ3n) is 3.73. The number of hydrogen-bond donors (Lipinski definition) is 2. The Morgan fingerprint density at radius 1 is 1.08 bits per heavy atom. The van der Waals surface area contributed by atoms with Crippen LogP contribution in [0.1, 0.15) is 47.0 Å². The Balaban J connectivity index is 3.18. The molecule has 1 aromatic carbocycles. The van der Waals surface area contributed by atoms with Crippen molar-refractivity contribution >= 4 is 27.3 Å². The fraction of sp³-hybridized carbons (Fsp3) is 0.588. The predicted molar refractivity (Wildman–Crippen MR) is 98.9 cm³/mol. The van der Waals surface area contributed by atoms with E-state index in [1.54, 1.807) is 12.1 Å². The van der Waals surface area contributed by atoms with Crippen LogP contribution in [0.25, 0.3) is 0 Å². The topological polar surface area (TPSA) is 78.5 Å². The van der Waals surface area contributed by atoms with Gasteiger partial charge in [0.25, 0.3) is 0 Å². The van der Waals surface area contributed by atoms with Crippen molar-refractivity contribution in [3.63, 3.8) is 0 Å². The lowest BCUT2D eigenvalue weighted by atomic mass is 10.2. The summed E-state index contributed by atoms with van der Waals surface area (Å²) in [6.07, 6.45) is 2.17. The number of amides is 1. The Morgan fingerprint density at radius 2 is 1.75 bits per heavy atom. The normalized spacial score (nSPS) is 11.5. The van der Waals surface area contributed by atoms with Gasteiger partial charge in [0, 0.05) is 26.1 Å². The van der Waals surface area contributed by atoms with Gasteiger partial charge >= 0.3 is 0 Å². The molecule has 1 amide bonds. The van der Waals surface area contributed by atoms with Crippen molar-refractivity contribution < 1.29 is 13.2 Å². The summed E-state index contributed by atoms with van der Waals surface area (Å²) >= 11 is 0. The molecule has 0 aliphatic rings. The lowest BCUT2D eigenvalue weighted by molar-refractivity contribution is -0.116. The van der Waals surface area contributed by atoms with E-state index in [0.717, 1.165) is 18.5 Å². The monoisotopic (exact) mass is 355 g/mol. The second-order valence-corrected chi connectivity index (χ2v) is 7.42. The molecule has 0 radical (unpaired) electrons. The van der Waals surface area contributed by atoms with Crippen LogP contribution in [0.2, 0.25) is 0 Å². The van der Waals surface area contributed by atoms with Gasteiger partial charge in [-0.25, -0.2) is 8.42 Å². The van der Waals surface area contributed by atoms with Crippen molar-refractivity contribution in [1.82, 2.24) is 4.31 Å². The summed E-state index contributed by atoms with van der Waals surface area (Å²) in [6.45, 7) is 9.08. The highest BCUT2D eigenvalue weighted by atomic mass is 32.2. The van der Waals surface area contributed by atoms with Crippen molar-refractivity contribution in [3.8, 4) is 0 Å². The zero-order chi connectivity index (χ0) is 18.2. The van der Waals surface area contributed by atoms with E-state index in [-0.39, 0.29) is 10.8 Å². The van der Waals surface area contributed by atoms with Gasteiger partial charge in [-0.15, -0.1) is 0 Å². The number of carbonyl (C=O) groups excluding carboxylic acids is 1.